The van der Waals surface area contributed by atoms with Crippen LogP contribution in [-0.4, -0.2) is 52.5 Å². The number of benzene rings is 1. The van der Waals surface area contributed by atoms with E-state index in [4.69, 9.17) is 4.74 Å². The van der Waals surface area contributed by atoms with Crippen molar-refractivity contribution in [2.45, 2.75) is 38.7 Å². The third-order valence-corrected chi connectivity index (χ3v) is 4.55. The molecule has 1 aliphatic heterocycles. The van der Waals surface area contributed by atoms with E-state index in [-0.39, 0.29) is 0 Å². The second kappa shape index (κ2) is 7.81. The highest BCUT2D eigenvalue weighted by Crippen LogP contribution is 2.26. The van der Waals surface area contributed by atoms with Gasteiger partial charge in [0.05, 0.1) is 5.69 Å². The van der Waals surface area contributed by atoms with E-state index in [1.165, 1.54) is 0 Å². The summed E-state index contributed by atoms with van der Waals surface area (Å²) in [5.41, 5.74) is 3.41. The minimum Gasteiger partial charge on any atom is -0.491 e. The fourth-order valence-corrected chi connectivity index (χ4v) is 3.36. The number of piperidine rings is 1. The number of rotatable bonds is 6. The Hall–Kier alpha value is -1.85. The highest BCUT2D eigenvalue weighted by molar-refractivity contribution is 5.27. The molecule has 2 aromatic rings. The maximum atomic E-state index is 10.3. The van der Waals surface area contributed by atoms with Crippen LogP contribution in [0.1, 0.15) is 35.7 Å². The summed E-state index contributed by atoms with van der Waals surface area (Å²) in [5, 5.41) is 17.7. The molecule has 130 valence electrons. The first-order valence-electron chi connectivity index (χ1n) is 8.72. The largest absolute Gasteiger partial charge is 0.491 e. The summed E-state index contributed by atoms with van der Waals surface area (Å²) in [6.07, 6.45) is 1.82. The number of β-amino-alcohol motifs (C(OH)–C–C–N with tert-alkyl or cyclic N) is 1. The van der Waals surface area contributed by atoms with Crippen molar-refractivity contribution >= 4 is 0 Å². The van der Waals surface area contributed by atoms with Crippen LogP contribution in [0, 0.1) is 13.8 Å². The third-order valence-electron chi connectivity index (χ3n) is 4.55. The smallest absolute Gasteiger partial charge is 0.119 e. The summed E-state index contributed by atoms with van der Waals surface area (Å²) in [5.74, 6) is 1.27. The normalized spacial score (nSPS) is 20.0. The van der Waals surface area contributed by atoms with E-state index in [9.17, 15) is 5.11 Å². The maximum absolute atomic E-state index is 10.3. The lowest BCUT2D eigenvalue weighted by atomic mass is 9.94. The minimum atomic E-state index is -0.481. The highest BCUT2D eigenvalue weighted by Gasteiger charge is 2.24. The minimum absolute atomic E-state index is 0.326. The van der Waals surface area contributed by atoms with Gasteiger partial charge in [-0.15, -0.1) is 0 Å². The Kier molecular flexibility index (Phi) is 5.53. The summed E-state index contributed by atoms with van der Waals surface area (Å²) in [6, 6.07) is 10.1. The molecule has 1 aromatic heterocycles. The van der Waals surface area contributed by atoms with E-state index in [0.29, 0.717) is 19.1 Å². The van der Waals surface area contributed by atoms with E-state index in [2.05, 4.69) is 21.2 Å². The summed E-state index contributed by atoms with van der Waals surface area (Å²) < 4.78 is 5.71. The number of H-pyrrole nitrogens is 1. The molecule has 2 atom stereocenters. The van der Waals surface area contributed by atoms with Gasteiger partial charge in [-0.3, -0.25) is 10.00 Å². The standard InChI is InChI=1S/C19H27N3O2/c1-14-5-3-7-18(9-14)24-13-17(23)12-22-8-4-6-16(11-22)19-10-15(2)20-21-19/h3,5,7,9-10,16-17,23H,4,6,8,11-13H2,1-2H3,(H,20,21)/t16-,17+/m0/s1. The van der Waals surface area contributed by atoms with Crippen molar-refractivity contribution in [3.8, 4) is 5.75 Å². The Morgan fingerprint density at radius 2 is 2.25 bits per heavy atom. The van der Waals surface area contributed by atoms with Crippen LogP contribution in [-0.2, 0) is 0 Å². The molecule has 1 saturated heterocycles. The first kappa shape index (κ1) is 17.0. The molecular formula is C19H27N3O2. The van der Waals surface area contributed by atoms with Crippen molar-refractivity contribution in [1.82, 2.24) is 15.1 Å². The molecule has 5 nitrogen and oxygen atoms in total. The lowest BCUT2D eigenvalue weighted by Gasteiger charge is -2.33. The van der Waals surface area contributed by atoms with Crippen molar-refractivity contribution in [1.29, 1.82) is 0 Å². The summed E-state index contributed by atoms with van der Waals surface area (Å²) in [4.78, 5) is 2.32. The average Bonchev–Trinajstić information content (AvgIpc) is 3.00. The molecule has 0 aliphatic carbocycles. The molecule has 1 fully saturated rings. The summed E-state index contributed by atoms with van der Waals surface area (Å²) >= 11 is 0. The van der Waals surface area contributed by atoms with Crippen molar-refractivity contribution in [3.63, 3.8) is 0 Å². The zero-order valence-corrected chi connectivity index (χ0v) is 14.5. The lowest BCUT2D eigenvalue weighted by molar-refractivity contribution is 0.0580. The molecule has 1 aromatic carbocycles. The number of likely N-dealkylation sites (tertiary alicyclic amines) is 1. The highest BCUT2D eigenvalue weighted by atomic mass is 16.5. The Labute approximate surface area is 143 Å². The topological polar surface area (TPSA) is 61.4 Å². The summed E-state index contributed by atoms with van der Waals surface area (Å²) in [7, 11) is 0. The molecular weight excluding hydrogens is 302 g/mol. The number of aromatic amines is 1. The van der Waals surface area contributed by atoms with E-state index < -0.39 is 6.10 Å². The number of nitrogens with zero attached hydrogens (tertiary/aromatic N) is 2. The van der Waals surface area contributed by atoms with Crippen LogP contribution in [0.4, 0.5) is 0 Å². The SMILES string of the molecule is Cc1cccc(OC[C@H](O)CN2CCC[C@H](c3cc(C)[nH]n3)C2)c1. The Balaban J connectivity index is 1.48. The van der Waals surface area contributed by atoms with Crippen LogP contribution in [0.2, 0.25) is 0 Å². The van der Waals surface area contributed by atoms with Gasteiger partial charge in [-0.2, -0.15) is 5.10 Å². The van der Waals surface area contributed by atoms with Gasteiger partial charge in [-0.25, -0.2) is 0 Å². The van der Waals surface area contributed by atoms with Crippen LogP contribution in [0.3, 0.4) is 0 Å². The molecule has 0 amide bonds. The Bertz CT molecular complexity index is 656. The number of hydrogen-bond donors (Lipinski definition) is 2. The van der Waals surface area contributed by atoms with Gasteiger partial charge in [-0.1, -0.05) is 12.1 Å². The number of nitrogens with one attached hydrogen (secondary N) is 1. The molecule has 5 heteroatoms. The first-order chi connectivity index (χ1) is 11.6. The van der Waals surface area contributed by atoms with Crippen LogP contribution in [0.25, 0.3) is 0 Å². The third kappa shape index (κ3) is 4.58. The van der Waals surface area contributed by atoms with Crippen molar-refractivity contribution < 1.29 is 9.84 Å². The molecule has 0 saturated carbocycles. The van der Waals surface area contributed by atoms with Crippen molar-refractivity contribution in [2.75, 3.05) is 26.2 Å². The van der Waals surface area contributed by atoms with Gasteiger partial charge in [0.25, 0.3) is 0 Å². The van der Waals surface area contributed by atoms with Gasteiger partial charge in [0.15, 0.2) is 0 Å². The van der Waals surface area contributed by atoms with E-state index in [1.807, 2.05) is 38.1 Å². The average molecular weight is 329 g/mol. The van der Waals surface area contributed by atoms with Gasteiger partial charge in [-0.05, 0) is 57.0 Å². The number of aliphatic hydroxyl groups excluding tert-OH is 1. The number of hydrogen-bond acceptors (Lipinski definition) is 4. The maximum Gasteiger partial charge on any atom is 0.119 e. The van der Waals surface area contributed by atoms with Gasteiger partial charge in [0, 0.05) is 24.7 Å². The molecule has 1 aliphatic rings. The number of aromatic nitrogens is 2. The quantitative estimate of drug-likeness (QED) is 0.855. The second-order valence-electron chi connectivity index (χ2n) is 6.86. The molecule has 0 radical (unpaired) electrons. The van der Waals surface area contributed by atoms with E-state index in [1.54, 1.807) is 0 Å². The molecule has 2 N–H and O–H groups in total. The number of aryl methyl sites for hydroxylation is 2. The van der Waals surface area contributed by atoms with E-state index >= 15 is 0 Å². The van der Waals surface area contributed by atoms with Gasteiger partial charge >= 0.3 is 0 Å². The van der Waals surface area contributed by atoms with Gasteiger partial charge in [0.2, 0.25) is 0 Å². The Morgan fingerprint density at radius 3 is 3.00 bits per heavy atom. The van der Waals surface area contributed by atoms with Crippen LogP contribution in [0.15, 0.2) is 30.3 Å². The second-order valence-corrected chi connectivity index (χ2v) is 6.86. The molecule has 24 heavy (non-hydrogen) atoms. The molecule has 3 rings (SSSR count). The molecule has 2 heterocycles. The predicted octanol–water partition coefficient (Wildman–Crippen LogP) is 2.65. The van der Waals surface area contributed by atoms with Crippen LogP contribution < -0.4 is 4.74 Å². The van der Waals surface area contributed by atoms with E-state index in [0.717, 1.165) is 48.6 Å². The van der Waals surface area contributed by atoms with Crippen molar-refractivity contribution in [3.05, 3.63) is 47.3 Å². The zero-order chi connectivity index (χ0) is 16.9. The molecule has 0 spiro atoms. The first-order valence-corrected chi connectivity index (χ1v) is 8.72. The van der Waals surface area contributed by atoms with Crippen molar-refractivity contribution in [2.24, 2.45) is 0 Å². The van der Waals surface area contributed by atoms with Crippen LogP contribution >= 0.6 is 0 Å². The number of aliphatic hydroxyl groups is 1. The van der Waals surface area contributed by atoms with Gasteiger partial charge in [0.1, 0.15) is 18.5 Å². The van der Waals surface area contributed by atoms with Crippen LogP contribution in [0.5, 0.6) is 5.75 Å². The number of ether oxygens (including phenoxy) is 1. The predicted molar refractivity (Wildman–Crippen MR) is 94.4 cm³/mol. The molecule has 0 bridgehead atoms. The summed E-state index contributed by atoms with van der Waals surface area (Å²) in [6.45, 7) is 7.02. The zero-order valence-electron chi connectivity index (χ0n) is 14.5. The Morgan fingerprint density at radius 1 is 1.38 bits per heavy atom. The lowest BCUT2D eigenvalue weighted by Crippen LogP contribution is -2.41. The fraction of sp³-hybridized carbons (Fsp3) is 0.526. The monoisotopic (exact) mass is 329 g/mol. The van der Waals surface area contributed by atoms with Gasteiger partial charge < -0.3 is 9.84 Å². The fourth-order valence-electron chi connectivity index (χ4n) is 3.36. The molecule has 0 unspecified atom stereocenters.